The molecule has 0 aliphatic heterocycles. The molecule has 0 radical (unpaired) electrons. The third-order valence-electron chi connectivity index (χ3n) is 5.09. The number of nitrogens with zero attached hydrogens (tertiary/aromatic N) is 1. The quantitative estimate of drug-likeness (QED) is 0.657. The van der Waals surface area contributed by atoms with E-state index in [0.29, 0.717) is 34.9 Å². The molecule has 0 amide bonds. The summed E-state index contributed by atoms with van der Waals surface area (Å²) in [7, 11) is 1.39. The molecule has 1 aromatic heterocycles. The van der Waals surface area contributed by atoms with Crippen molar-refractivity contribution in [3.63, 3.8) is 0 Å². The number of benzene rings is 1. The van der Waals surface area contributed by atoms with Crippen LogP contribution >= 0.6 is 0 Å². The molecule has 0 fully saturated rings. The number of halogens is 3. The van der Waals surface area contributed by atoms with E-state index < -0.39 is 11.9 Å². The van der Waals surface area contributed by atoms with E-state index in [1.165, 1.54) is 7.11 Å². The van der Waals surface area contributed by atoms with Crippen molar-refractivity contribution in [2.24, 2.45) is 5.92 Å². The highest BCUT2D eigenvalue weighted by atomic mass is 19.4. The van der Waals surface area contributed by atoms with Gasteiger partial charge in [0.1, 0.15) is 17.0 Å². The number of Topliss-reactive ketones (excluding diaryl/α,β-unsaturated/α-hetero) is 1. The van der Waals surface area contributed by atoms with Gasteiger partial charge in [0.2, 0.25) is 0 Å². The van der Waals surface area contributed by atoms with Gasteiger partial charge in [-0.2, -0.15) is 13.2 Å². The number of carbonyl (C=O) groups is 1. The third-order valence-corrected chi connectivity index (χ3v) is 5.09. The van der Waals surface area contributed by atoms with E-state index >= 15 is 0 Å². The van der Waals surface area contributed by atoms with Crippen LogP contribution in [-0.4, -0.2) is 17.9 Å². The Balaban J connectivity index is 2.34. The molecule has 0 N–H and O–H groups in total. The molecule has 6 heteroatoms. The highest BCUT2D eigenvalue weighted by molar-refractivity contribution is 6.07. The predicted octanol–water partition coefficient (Wildman–Crippen LogP) is 5.59. The van der Waals surface area contributed by atoms with Crippen molar-refractivity contribution < 1.29 is 22.7 Å². The molecule has 1 aliphatic rings. The summed E-state index contributed by atoms with van der Waals surface area (Å²) in [6.45, 7) is 7.44. The maximum atomic E-state index is 13.5. The van der Waals surface area contributed by atoms with E-state index in [9.17, 15) is 18.0 Å². The molecule has 3 rings (SSSR count). The van der Waals surface area contributed by atoms with Crippen LogP contribution in [0.5, 0.6) is 5.75 Å². The second-order valence-electron chi connectivity index (χ2n) is 6.89. The molecule has 1 aromatic carbocycles. The molecule has 1 unspecified atom stereocenters. The highest BCUT2D eigenvalue weighted by Gasteiger charge is 2.35. The number of hydrogen-bond acceptors (Lipinski definition) is 3. The molecule has 0 bridgehead atoms. The first kappa shape index (κ1) is 19.1. The summed E-state index contributed by atoms with van der Waals surface area (Å²) in [5, 5.41) is 0.534. The van der Waals surface area contributed by atoms with Gasteiger partial charge in [-0.3, -0.25) is 4.79 Å². The van der Waals surface area contributed by atoms with Gasteiger partial charge in [-0.25, -0.2) is 4.98 Å². The number of allylic oxidation sites excluding steroid dienone is 3. The number of methoxy groups -OCH3 is 1. The largest absolute Gasteiger partial charge is 0.494 e. The fraction of sp³-hybridized carbons (Fsp3) is 0.333. The highest BCUT2D eigenvalue weighted by Crippen LogP contribution is 2.42. The molecule has 27 heavy (non-hydrogen) atoms. The van der Waals surface area contributed by atoms with Crippen molar-refractivity contribution >= 4 is 22.3 Å². The normalized spacial score (nSPS) is 18.1. The van der Waals surface area contributed by atoms with Gasteiger partial charge in [-0.15, -0.1) is 0 Å². The molecule has 1 heterocycles. The first-order valence-corrected chi connectivity index (χ1v) is 8.57. The Morgan fingerprint density at radius 1 is 1.30 bits per heavy atom. The van der Waals surface area contributed by atoms with Gasteiger partial charge in [0.15, 0.2) is 5.78 Å². The average molecular weight is 375 g/mol. The van der Waals surface area contributed by atoms with E-state index in [2.05, 4.69) is 11.6 Å². The second-order valence-corrected chi connectivity index (χ2v) is 6.89. The minimum absolute atomic E-state index is 0.0642. The van der Waals surface area contributed by atoms with Crippen molar-refractivity contribution in [3.05, 3.63) is 53.2 Å². The molecule has 0 saturated carbocycles. The van der Waals surface area contributed by atoms with Crippen LogP contribution in [-0.2, 0) is 11.0 Å². The molecule has 1 aliphatic carbocycles. The lowest BCUT2D eigenvalue weighted by molar-refractivity contribution is -0.141. The summed E-state index contributed by atoms with van der Waals surface area (Å²) in [5.41, 5.74) is 1.47. The molecular weight excluding hydrogens is 355 g/mol. The van der Waals surface area contributed by atoms with Crippen molar-refractivity contribution in [3.8, 4) is 5.75 Å². The van der Waals surface area contributed by atoms with Gasteiger partial charge in [0.25, 0.3) is 0 Å². The molecule has 2 aromatic rings. The first-order chi connectivity index (χ1) is 12.6. The number of ether oxygens (including phenoxy) is 1. The molecule has 0 spiro atoms. The monoisotopic (exact) mass is 375 g/mol. The maximum Gasteiger partial charge on any atom is 0.433 e. The van der Waals surface area contributed by atoms with E-state index in [1.54, 1.807) is 25.1 Å². The van der Waals surface area contributed by atoms with Gasteiger partial charge in [0.05, 0.1) is 7.11 Å². The fourth-order valence-electron chi connectivity index (χ4n) is 3.46. The number of para-hydroxylation sites is 1. The lowest BCUT2D eigenvalue weighted by atomic mass is 9.77. The Bertz CT molecular complexity index is 973. The minimum Gasteiger partial charge on any atom is -0.494 e. The zero-order valence-electron chi connectivity index (χ0n) is 15.4. The Hall–Kier alpha value is -2.63. The Labute approximate surface area is 155 Å². The smallest absolute Gasteiger partial charge is 0.433 e. The van der Waals surface area contributed by atoms with Crippen LogP contribution in [0.25, 0.3) is 16.5 Å². The summed E-state index contributed by atoms with van der Waals surface area (Å²) in [6, 6.07) is 6.02. The lowest BCUT2D eigenvalue weighted by Crippen LogP contribution is -2.19. The number of pyridine rings is 1. The van der Waals surface area contributed by atoms with Crippen LogP contribution in [0.3, 0.4) is 0 Å². The first-order valence-electron chi connectivity index (χ1n) is 8.57. The van der Waals surface area contributed by atoms with Gasteiger partial charge < -0.3 is 4.74 Å². The number of carbonyl (C=O) groups excluding carboxylic acids is 1. The van der Waals surface area contributed by atoms with Gasteiger partial charge in [-0.05, 0) is 55.0 Å². The number of hydrogen-bond donors (Lipinski definition) is 0. The molecular formula is C21H20F3NO2. The van der Waals surface area contributed by atoms with Crippen LogP contribution in [0.1, 0.15) is 37.9 Å². The SMILES string of the molecule is C=C(C)C1CC(=O)C(C)=C(c2cc(C(F)(F)F)nc3c(OC)cccc23)C1. The van der Waals surface area contributed by atoms with Gasteiger partial charge in [0, 0.05) is 11.8 Å². The molecule has 1 atom stereocenters. The van der Waals surface area contributed by atoms with Crippen LogP contribution in [0, 0.1) is 5.92 Å². The average Bonchev–Trinajstić information content (AvgIpc) is 2.61. The van der Waals surface area contributed by atoms with Crippen LogP contribution < -0.4 is 4.74 Å². The Kier molecular flexibility index (Phi) is 4.84. The van der Waals surface area contributed by atoms with E-state index in [4.69, 9.17) is 4.74 Å². The minimum atomic E-state index is -4.61. The summed E-state index contributed by atoms with van der Waals surface area (Å²) < 4.78 is 45.6. The summed E-state index contributed by atoms with van der Waals surface area (Å²) in [5.74, 6) is 0.113. The van der Waals surface area contributed by atoms with E-state index in [1.807, 2.05) is 6.92 Å². The zero-order valence-corrected chi connectivity index (χ0v) is 15.4. The summed E-state index contributed by atoms with van der Waals surface area (Å²) >= 11 is 0. The molecule has 142 valence electrons. The van der Waals surface area contributed by atoms with Gasteiger partial charge in [-0.1, -0.05) is 24.3 Å². The van der Waals surface area contributed by atoms with Gasteiger partial charge >= 0.3 is 6.18 Å². The Morgan fingerprint density at radius 2 is 2.00 bits per heavy atom. The third kappa shape index (κ3) is 3.48. The van der Waals surface area contributed by atoms with E-state index in [-0.39, 0.29) is 23.0 Å². The number of ketones is 1. The number of aromatic nitrogens is 1. The number of fused-ring (bicyclic) bond motifs is 1. The summed E-state index contributed by atoms with van der Waals surface area (Å²) in [4.78, 5) is 16.3. The molecule has 0 saturated heterocycles. The van der Waals surface area contributed by atoms with E-state index in [0.717, 1.165) is 11.6 Å². The number of alkyl halides is 3. The maximum absolute atomic E-state index is 13.5. The van der Waals surface area contributed by atoms with Crippen LogP contribution in [0.2, 0.25) is 0 Å². The predicted molar refractivity (Wildman–Crippen MR) is 98.4 cm³/mol. The molecule has 3 nitrogen and oxygen atoms in total. The Morgan fingerprint density at radius 3 is 2.59 bits per heavy atom. The zero-order chi connectivity index (χ0) is 19.9. The summed E-state index contributed by atoms with van der Waals surface area (Å²) in [6.07, 6.45) is -3.80. The van der Waals surface area contributed by atoms with Crippen molar-refractivity contribution in [1.29, 1.82) is 0 Å². The second kappa shape index (κ2) is 6.83. The van der Waals surface area contributed by atoms with Crippen LogP contribution in [0.4, 0.5) is 13.2 Å². The van der Waals surface area contributed by atoms with Crippen molar-refractivity contribution in [1.82, 2.24) is 4.98 Å². The fourth-order valence-corrected chi connectivity index (χ4v) is 3.46. The van der Waals surface area contributed by atoms with Crippen molar-refractivity contribution in [2.45, 2.75) is 32.9 Å². The topological polar surface area (TPSA) is 39.2 Å². The van der Waals surface area contributed by atoms with Crippen molar-refractivity contribution in [2.75, 3.05) is 7.11 Å². The number of rotatable bonds is 3. The van der Waals surface area contributed by atoms with Crippen LogP contribution in [0.15, 0.2) is 42.0 Å². The standard InChI is InChI=1S/C21H20F3NO2/c1-11(2)13-8-15(12(3)17(26)9-13)16-10-19(21(22,23)24)25-20-14(16)6-5-7-18(20)27-4/h5-7,10,13H,1,8-9H2,2-4H3. The lowest BCUT2D eigenvalue weighted by Gasteiger charge is -2.27.